The molecule has 3 heterocycles. The molecule has 0 saturated carbocycles. The lowest BCUT2D eigenvalue weighted by Gasteiger charge is -2.16. The molecular formula is C14H14BrN3O3S. The number of hydrogen-bond donors (Lipinski definition) is 0. The first-order chi connectivity index (χ1) is 10.7. The largest absolute Gasteiger partial charge is 0.480 e. The van der Waals surface area contributed by atoms with Crippen LogP contribution in [0.15, 0.2) is 28.3 Å². The van der Waals surface area contributed by atoms with E-state index in [9.17, 15) is 4.79 Å². The van der Waals surface area contributed by atoms with E-state index >= 15 is 0 Å². The molecule has 1 saturated heterocycles. The fourth-order valence-electron chi connectivity index (χ4n) is 2.25. The maximum atomic E-state index is 12.4. The normalized spacial score (nSPS) is 17.5. The van der Waals surface area contributed by atoms with Gasteiger partial charge in [0.05, 0.1) is 30.9 Å². The third kappa shape index (κ3) is 3.38. The van der Waals surface area contributed by atoms with Crippen LogP contribution >= 0.6 is 27.3 Å². The number of thiophene rings is 1. The molecule has 2 aromatic heterocycles. The van der Waals surface area contributed by atoms with Gasteiger partial charge in [-0.15, -0.1) is 11.3 Å². The predicted octanol–water partition coefficient (Wildman–Crippen LogP) is 2.60. The van der Waals surface area contributed by atoms with Crippen LogP contribution in [0.3, 0.4) is 0 Å². The minimum Gasteiger partial charge on any atom is -0.480 e. The Morgan fingerprint density at radius 3 is 3.00 bits per heavy atom. The van der Waals surface area contributed by atoms with Crippen molar-refractivity contribution in [2.45, 2.75) is 12.5 Å². The van der Waals surface area contributed by atoms with Gasteiger partial charge in [-0.2, -0.15) is 4.98 Å². The highest BCUT2D eigenvalue weighted by atomic mass is 79.9. The standard InChI is InChI=1S/C14H14BrN3O3S/c1-20-12-5-16-6-13(17-12)21-10-2-3-18(7-10)14(19)11-4-9(15)8-22-11/h4-6,8,10H,2-3,7H2,1H3. The molecule has 1 aliphatic heterocycles. The summed E-state index contributed by atoms with van der Waals surface area (Å²) >= 11 is 4.80. The molecule has 116 valence electrons. The van der Waals surface area contributed by atoms with E-state index in [0.717, 1.165) is 15.8 Å². The van der Waals surface area contributed by atoms with E-state index < -0.39 is 0 Å². The molecule has 0 bridgehead atoms. The Bertz CT molecular complexity index is 679. The van der Waals surface area contributed by atoms with Gasteiger partial charge in [0.25, 0.3) is 5.91 Å². The second-order valence-electron chi connectivity index (χ2n) is 4.81. The Balaban J connectivity index is 1.61. The minimum atomic E-state index is -0.0752. The number of carbonyl (C=O) groups is 1. The molecule has 0 aromatic carbocycles. The average molecular weight is 384 g/mol. The van der Waals surface area contributed by atoms with Crippen LogP contribution in [0.2, 0.25) is 0 Å². The molecular weight excluding hydrogens is 370 g/mol. The van der Waals surface area contributed by atoms with Crippen LogP contribution in [0, 0.1) is 0 Å². The molecule has 1 atom stereocenters. The third-order valence-corrected chi connectivity index (χ3v) is 4.98. The van der Waals surface area contributed by atoms with Crippen molar-refractivity contribution in [3.05, 3.63) is 33.2 Å². The summed E-state index contributed by atoms with van der Waals surface area (Å²) in [6.07, 6.45) is 3.76. The van der Waals surface area contributed by atoms with Crippen molar-refractivity contribution in [3.63, 3.8) is 0 Å². The highest BCUT2D eigenvalue weighted by Crippen LogP contribution is 2.24. The lowest BCUT2D eigenvalue weighted by Crippen LogP contribution is -2.30. The van der Waals surface area contributed by atoms with Crippen LogP contribution in [0.4, 0.5) is 0 Å². The molecule has 0 radical (unpaired) electrons. The number of likely N-dealkylation sites (tertiary alicyclic amines) is 1. The van der Waals surface area contributed by atoms with Crippen molar-refractivity contribution in [1.29, 1.82) is 0 Å². The van der Waals surface area contributed by atoms with Crippen LogP contribution in [-0.2, 0) is 0 Å². The number of rotatable bonds is 4. The molecule has 6 nitrogen and oxygen atoms in total. The summed E-state index contributed by atoms with van der Waals surface area (Å²) in [5.41, 5.74) is 0. The van der Waals surface area contributed by atoms with Crippen molar-refractivity contribution in [2.24, 2.45) is 0 Å². The molecule has 0 N–H and O–H groups in total. The van der Waals surface area contributed by atoms with Crippen LogP contribution in [-0.4, -0.2) is 47.1 Å². The van der Waals surface area contributed by atoms with E-state index in [1.54, 1.807) is 11.1 Å². The maximum absolute atomic E-state index is 12.4. The number of carbonyl (C=O) groups excluding carboxylic acids is 1. The van der Waals surface area contributed by atoms with Gasteiger partial charge in [-0.25, -0.2) is 0 Å². The third-order valence-electron chi connectivity index (χ3n) is 3.30. The van der Waals surface area contributed by atoms with Crippen molar-refractivity contribution in [3.8, 4) is 11.8 Å². The van der Waals surface area contributed by atoms with Crippen LogP contribution in [0.5, 0.6) is 11.8 Å². The first-order valence-corrected chi connectivity index (χ1v) is 8.39. The van der Waals surface area contributed by atoms with Gasteiger partial charge in [0.1, 0.15) is 6.10 Å². The van der Waals surface area contributed by atoms with Crippen molar-refractivity contribution in [2.75, 3.05) is 20.2 Å². The minimum absolute atomic E-state index is 0.0403. The molecule has 0 aliphatic carbocycles. The van der Waals surface area contributed by atoms with Gasteiger partial charge in [0, 0.05) is 22.8 Å². The zero-order chi connectivity index (χ0) is 15.5. The molecule has 1 amide bonds. The van der Waals surface area contributed by atoms with Crippen LogP contribution in [0.25, 0.3) is 0 Å². The SMILES string of the molecule is COc1cncc(OC2CCN(C(=O)c3cc(Br)cs3)C2)n1. The van der Waals surface area contributed by atoms with Gasteiger partial charge in [0.2, 0.25) is 11.8 Å². The first kappa shape index (κ1) is 15.2. The van der Waals surface area contributed by atoms with E-state index in [4.69, 9.17) is 9.47 Å². The van der Waals surface area contributed by atoms with Crippen LogP contribution < -0.4 is 9.47 Å². The van der Waals surface area contributed by atoms with Crippen molar-refractivity contribution >= 4 is 33.2 Å². The quantitative estimate of drug-likeness (QED) is 0.811. The maximum Gasteiger partial charge on any atom is 0.264 e. The molecule has 1 unspecified atom stereocenters. The number of ether oxygens (including phenoxy) is 2. The summed E-state index contributed by atoms with van der Waals surface area (Å²) in [6, 6.07) is 1.84. The smallest absolute Gasteiger partial charge is 0.264 e. The van der Waals surface area contributed by atoms with Crippen molar-refractivity contribution < 1.29 is 14.3 Å². The zero-order valence-corrected chi connectivity index (χ0v) is 14.3. The number of halogens is 1. The summed E-state index contributed by atoms with van der Waals surface area (Å²) in [5.74, 6) is 0.864. The fraction of sp³-hybridized carbons (Fsp3) is 0.357. The molecule has 2 aromatic rings. The Hall–Kier alpha value is -1.67. The Labute approximate surface area is 140 Å². The highest BCUT2D eigenvalue weighted by molar-refractivity contribution is 9.10. The second-order valence-corrected chi connectivity index (χ2v) is 6.64. The Morgan fingerprint density at radius 2 is 2.27 bits per heavy atom. The van der Waals surface area contributed by atoms with E-state index in [1.807, 2.05) is 11.4 Å². The van der Waals surface area contributed by atoms with Crippen molar-refractivity contribution in [1.82, 2.24) is 14.9 Å². The van der Waals surface area contributed by atoms with E-state index in [1.165, 1.54) is 24.6 Å². The fourth-order valence-corrected chi connectivity index (χ4v) is 3.64. The molecule has 1 aliphatic rings. The number of amides is 1. The number of nitrogens with zero attached hydrogens (tertiary/aromatic N) is 3. The summed E-state index contributed by atoms with van der Waals surface area (Å²) in [7, 11) is 1.53. The number of hydrogen-bond acceptors (Lipinski definition) is 6. The van der Waals surface area contributed by atoms with Gasteiger partial charge in [-0.3, -0.25) is 9.78 Å². The summed E-state index contributed by atoms with van der Waals surface area (Å²) in [5, 5.41) is 1.91. The molecule has 1 fully saturated rings. The van der Waals surface area contributed by atoms with Gasteiger partial charge in [0.15, 0.2) is 0 Å². The lowest BCUT2D eigenvalue weighted by atomic mass is 10.3. The van der Waals surface area contributed by atoms with Gasteiger partial charge in [-0.05, 0) is 22.0 Å². The lowest BCUT2D eigenvalue weighted by molar-refractivity contribution is 0.0775. The van der Waals surface area contributed by atoms with Gasteiger partial charge < -0.3 is 14.4 Å². The van der Waals surface area contributed by atoms with E-state index in [0.29, 0.717) is 24.8 Å². The molecule has 22 heavy (non-hydrogen) atoms. The summed E-state index contributed by atoms with van der Waals surface area (Å²) < 4.78 is 11.7. The summed E-state index contributed by atoms with van der Waals surface area (Å²) in [4.78, 5) is 23.1. The highest BCUT2D eigenvalue weighted by Gasteiger charge is 2.29. The topological polar surface area (TPSA) is 64.6 Å². The molecule has 8 heteroatoms. The first-order valence-electron chi connectivity index (χ1n) is 6.71. The molecule has 0 spiro atoms. The predicted molar refractivity (Wildman–Crippen MR) is 85.5 cm³/mol. The average Bonchev–Trinajstić information content (AvgIpc) is 3.16. The van der Waals surface area contributed by atoms with Gasteiger partial charge >= 0.3 is 0 Å². The number of aromatic nitrogens is 2. The van der Waals surface area contributed by atoms with Gasteiger partial charge in [-0.1, -0.05) is 0 Å². The Kier molecular flexibility index (Phi) is 4.58. The number of methoxy groups -OCH3 is 1. The van der Waals surface area contributed by atoms with Crippen LogP contribution in [0.1, 0.15) is 16.1 Å². The van der Waals surface area contributed by atoms with E-state index in [-0.39, 0.29) is 12.0 Å². The molecule has 3 rings (SSSR count). The monoisotopic (exact) mass is 383 g/mol. The Morgan fingerprint density at radius 1 is 1.45 bits per heavy atom. The second kappa shape index (κ2) is 6.62. The zero-order valence-electron chi connectivity index (χ0n) is 11.9. The summed E-state index contributed by atoms with van der Waals surface area (Å²) in [6.45, 7) is 1.23. The van der Waals surface area contributed by atoms with E-state index in [2.05, 4.69) is 25.9 Å².